The normalized spacial score (nSPS) is 27.9. The Morgan fingerprint density at radius 1 is 1.33 bits per heavy atom. The highest BCUT2D eigenvalue weighted by atomic mass is 32.2. The van der Waals surface area contributed by atoms with Crippen LogP contribution in [-0.4, -0.2) is 32.0 Å². The van der Waals surface area contributed by atoms with Gasteiger partial charge in [0, 0.05) is 6.04 Å². The summed E-state index contributed by atoms with van der Waals surface area (Å²) in [6, 6.07) is 0.111. The minimum absolute atomic E-state index is 0.0889. The van der Waals surface area contributed by atoms with Gasteiger partial charge in [0.2, 0.25) is 0 Å². The van der Waals surface area contributed by atoms with Crippen molar-refractivity contribution in [3.8, 4) is 0 Å². The maximum absolute atomic E-state index is 12.5. The topological polar surface area (TPSA) is 46.2 Å². The zero-order chi connectivity index (χ0) is 14.0. The minimum atomic E-state index is -2.96. The quantitative estimate of drug-likeness (QED) is 0.810. The second kappa shape index (κ2) is 5.91. The first-order valence-corrected chi connectivity index (χ1v) is 8.87. The van der Waals surface area contributed by atoms with Gasteiger partial charge in [-0.25, -0.2) is 8.42 Å². The van der Waals surface area contributed by atoms with Gasteiger partial charge in [-0.2, -0.15) is 0 Å². The molecule has 1 fully saturated rings. The van der Waals surface area contributed by atoms with Gasteiger partial charge >= 0.3 is 0 Å². The van der Waals surface area contributed by atoms with Crippen molar-refractivity contribution in [1.82, 2.24) is 5.32 Å². The zero-order valence-electron chi connectivity index (χ0n) is 12.5. The minimum Gasteiger partial charge on any atom is -0.312 e. The lowest BCUT2D eigenvalue weighted by Gasteiger charge is -2.31. The van der Waals surface area contributed by atoms with Crippen LogP contribution in [0, 0.1) is 11.3 Å². The number of hydrogen-bond acceptors (Lipinski definition) is 3. The van der Waals surface area contributed by atoms with E-state index in [4.69, 9.17) is 0 Å². The largest absolute Gasteiger partial charge is 0.312 e. The van der Waals surface area contributed by atoms with Crippen LogP contribution >= 0.6 is 0 Å². The second-order valence-corrected chi connectivity index (χ2v) is 8.99. The van der Waals surface area contributed by atoms with E-state index in [-0.39, 0.29) is 16.7 Å². The molecule has 0 amide bonds. The molecule has 0 radical (unpaired) electrons. The first kappa shape index (κ1) is 16.0. The Labute approximate surface area is 113 Å². The van der Waals surface area contributed by atoms with Gasteiger partial charge < -0.3 is 5.32 Å². The number of hydrogen-bond donors (Lipinski definition) is 1. The molecule has 0 saturated heterocycles. The molecule has 0 aliphatic heterocycles. The summed E-state index contributed by atoms with van der Waals surface area (Å²) in [6.07, 6.45) is 2.58. The molecule has 0 aromatic carbocycles. The van der Waals surface area contributed by atoms with E-state index in [1.807, 2.05) is 6.92 Å². The van der Waals surface area contributed by atoms with Crippen molar-refractivity contribution >= 4 is 9.84 Å². The summed E-state index contributed by atoms with van der Waals surface area (Å²) in [7, 11) is -2.96. The molecule has 1 aliphatic rings. The van der Waals surface area contributed by atoms with Crippen molar-refractivity contribution < 1.29 is 8.42 Å². The summed E-state index contributed by atoms with van der Waals surface area (Å²) in [5, 5.41) is 3.21. The maximum atomic E-state index is 12.5. The summed E-state index contributed by atoms with van der Waals surface area (Å²) in [6.45, 7) is 11.4. The number of rotatable bonds is 6. The zero-order valence-corrected chi connectivity index (χ0v) is 13.3. The van der Waals surface area contributed by atoms with E-state index >= 15 is 0 Å². The Balaban J connectivity index is 2.81. The van der Waals surface area contributed by atoms with Crippen molar-refractivity contribution in [3.05, 3.63) is 0 Å². The lowest BCUT2D eigenvalue weighted by Crippen LogP contribution is -2.48. The fourth-order valence-corrected chi connectivity index (χ4v) is 5.36. The van der Waals surface area contributed by atoms with Crippen LogP contribution in [0.5, 0.6) is 0 Å². The van der Waals surface area contributed by atoms with Crippen LogP contribution in [0.1, 0.15) is 53.9 Å². The molecule has 4 heteroatoms. The van der Waals surface area contributed by atoms with E-state index in [1.54, 1.807) is 0 Å². The summed E-state index contributed by atoms with van der Waals surface area (Å²) in [5.74, 6) is 0.791. The third-order valence-electron chi connectivity index (χ3n) is 4.15. The average molecular weight is 275 g/mol. The summed E-state index contributed by atoms with van der Waals surface area (Å²) in [5.41, 5.74) is 0.0889. The van der Waals surface area contributed by atoms with Gasteiger partial charge in [0.05, 0.1) is 11.0 Å². The van der Waals surface area contributed by atoms with Crippen molar-refractivity contribution in [1.29, 1.82) is 0 Å². The molecule has 0 spiro atoms. The van der Waals surface area contributed by atoms with Gasteiger partial charge in [-0.3, -0.25) is 0 Å². The van der Waals surface area contributed by atoms with Gasteiger partial charge in [-0.15, -0.1) is 0 Å². The fraction of sp³-hybridized carbons (Fsp3) is 1.00. The smallest absolute Gasteiger partial charge is 0.154 e. The van der Waals surface area contributed by atoms with Crippen LogP contribution in [0.2, 0.25) is 0 Å². The standard InChI is InChI=1S/C14H29NO2S/c1-6-15-13-12(7-9-14(13,4)5)18(16,17)10-8-11(2)3/h11-13,15H,6-10H2,1-5H3. The monoisotopic (exact) mass is 275 g/mol. The second-order valence-electron chi connectivity index (χ2n) is 6.65. The first-order valence-electron chi connectivity index (χ1n) is 7.15. The maximum Gasteiger partial charge on any atom is 0.154 e. The third kappa shape index (κ3) is 3.70. The molecule has 2 unspecified atom stereocenters. The molecule has 1 rings (SSSR count). The van der Waals surface area contributed by atoms with Gasteiger partial charge in [-0.1, -0.05) is 34.6 Å². The van der Waals surface area contributed by atoms with E-state index in [0.717, 1.165) is 25.8 Å². The highest BCUT2D eigenvalue weighted by molar-refractivity contribution is 7.92. The first-order chi connectivity index (χ1) is 8.20. The van der Waals surface area contributed by atoms with E-state index in [2.05, 4.69) is 33.0 Å². The SMILES string of the molecule is CCNC1C(S(=O)(=O)CCC(C)C)CCC1(C)C. The number of nitrogens with one attached hydrogen (secondary N) is 1. The van der Waals surface area contributed by atoms with Crippen LogP contribution in [0.4, 0.5) is 0 Å². The van der Waals surface area contributed by atoms with Crippen molar-refractivity contribution in [2.24, 2.45) is 11.3 Å². The van der Waals surface area contributed by atoms with E-state index in [9.17, 15) is 8.42 Å². The van der Waals surface area contributed by atoms with E-state index in [1.165, 1.54) is 0 Å². The molecular formula is C14H29NO2S. The molecule has 18 heavy (non-hydrogen) atoms. The van der Waals surface area contributed by atoms with Crippen LogP contribution in [-0.2, 0) is 9.84 Å². The summed E-state index contributed by atoms with van der Waals surface area (Å²) < 4.78 is 24.9. The Hall–Kier alpha value is -0.0900. The van der Waals surface area contributed by atoms with E-state index < -0.39 is 9.84 Å². The summed E-state index contributed by atoms with van der Waals surface area (Å²) >= 11 is 0. The van der Waals surface area contributed by atoms with Gasteiger partial charge in [0.25, 0.3) is 0 Å². The molecule has 1 N–H and O–H groups in total. The van der Waals surface area contributed by atoms with Crippen molar-refractivity contribution in [3.63, 3.8) is 0 Å². The van der Waals surface area contributed by atoms with Crippen LogP contribution < -0.4 is 5.32 Å². The lowest BCUT2D eigenvalue weighted by molar-refractivity contribution is 0.288. The number of sulfone groups is 1. The predicted octanol–water partition coefficient (Wildman–Crippen LogP) is 2.61. The van der Waals surface area contributed by atoms with Crippen molar-refractivity contribution in [2.45, 2.75) is 65.2 Å². The average Bonchev–Trinajstić information content (AvgIpc) is 2.54. The molecule has 0 aromatic rings. The lowest BCUT2D eigenvalue weighted by atomic mass is 9.87. The molecular weight excluding hydrogens is 246 g/mol. The Morgan fingerprint density at radius 3 is 2.44 bits per heavy atom. The van der Waals surface area contributed by atoms with Crippen LogP contribution in [0.15, 0.2) is 0 Å². The highest BCUT2D eigenvalue weighted by Gasteiger charge is 2.47. The van der Waals surface area contributed by atoms with Gasteiger partial charge in [0.15, 0.2) is 9.84 Å². The molecule has 0 bridgehead atoms. The van der Waals surface area contributed by atoms with E-state index in [0.29, 0.717) is 11.7 Å². The Kier molecular flexibility index (Phi) is 5.24. The highest BCUT2D eigenvalue weighted by Crippen LogP contribution is 2.41. The fourth-order valence-electron chi connectivity index (χ4n) is 2.91. The Bertz CT molecular complexity index is 360. The van der Waals surface area contributed by atoms with Gasteiger partial charge in [-0.05, 0) is 37.1 Å². The molecule has 3 nitrogen and oxygen atoms in total. The molecule has 108 valence electrons. The summed E-state index contributed by atoms with van der Waals surface area (Å²) in [4.78, 5) is 0. The molecule has 1 aliphatic carbocycles. The molecule has 1 saturated carbocycles. The van der Waals surface area contributed by atoms with Crippen LogP contribution in [0.25, 0.3) is 0 Å². The molecule has 0 heterocycles. The Morgan fingerprint density at radius 2 is 1.94 bits per heavy atom. The van der Waals surface area contributed by atoms with Gasteiger partial charge in [0.1, 0.15) is 0 Å². The third-order valence-corrected chi connectivity index (χ3v) is 6.39. The predicted molar refractivity (Wildman–Crippen MR) is 77.5 cm³/mol. The van der Waals surface area contributed by atoms with Crippen molar-refractivity contribution in [2.75, 3.05) is 12.3 Å². The molecule has 0 aromatic heterocycles. The molecule has 2 atom stereocenters. The van der Waals surface area contributed by atoms with Crippen LogP contribution in [0.3, 0.4) is 0 Å².